The number of nitrogens with one attached hydrogen (secondary N) is 1. The van der Waals surface area contributed by atoms with Gasteiger partial charge in [0.2, 0.25) is 0 Å². The first-order valence-corrected chi connectivity index (χ1v) is 6.73. The molecule has 2 aromatic rings. The van der Waals surface area contributed by atoms with Gasteiger partial charge in [-0.3, -0.25) is 10.1 Å². The van der Waals surface area contributed by atoms with Crippen LogP contribution in [0.15, 0.2) is 48.5 Å². The van der Waals surface area contributed by atoms with Crippen LogP contribution in [0.4, 0.5) is 10.1 Å². The Balaban J connectivity index is 2.12. The van der Waals surface area contributed by atoms with E-state index in [1.54, 1.807) is 18.2 Å². The number of benzene rings is 2. The molecule has 21 heavy (non-hydrogen) atoms. The molecule has 0 aromatic heterocycles. The largest absolute Gasteiger partial charge is 0.304 e. The fourth-order valence-corrected chi connectivity index (χ4v) is 2.25. The van der Waals surface area contributed by atoms with Gasteiger partial charge in [-0.05, 0) is 37.1 Å². The Labute approximate surface area is 122 Å². The Bertz CT molecular complexity index is 646. The average Bonchev–Trinajstić information content (AvgIpc) is 2.47. The summed E-state index contributed by atoms with van der Waals surface area (Å²) in [6, 6.07) is 12.8. The first-order chi connectivity index (χ1) is 9.97. The number of hydrogen-bond acceptors (Lipinski definition) is 3. The Hall–Kier alpha value is -2.27. The van der Waals surface area contributed by atoms with Crippen molar-refractivity contribution in [2.75, 3.05) is 0 Å². The highest BCUT2D eigenvalue weighted by Crippen LogP contribution is 2.22. The van der Waals surface area contributed by atoms with Gasteiger partial charge >= 0.3 is 0 Å². The maximum absolute atomic E-state index is 13.2. The van der Waals surface area contributed by atoms with Crippen molar-refractivity contribution in [3.05, 3.63) is 75.6 Å². The molecule has 1 unspecified atom stereocenters. The number of nitro benzene ring substituents is 1. The van der Waals surface area contributed by atoms with Crippen molar-refractivity contribution in [1.29, 1.82) is 0 Å². The van der Waals surface area contributed by atoms with E-state index >= 15 is 0 Å². The van der Waals surface area contributed by atoms with Gasteiger partial charge in [0.25, 0.3) is 5.69 Å². The first-order valence-electron chi connectivity index (χ1n) is 6.73. The molecule has 2 aromatic carbocycles. The number of rotatable bonds is 5. The molecule has 2 rings (SSSR count). The molecule has 0 aliphatic heterocycles. The van der Waals surface area contributed by atoms with E-state index in [1.807, 2.05) is 26.0 Å². The predicted molar refractivity (Wildman–Crippen MR) is 79.5 cm³/mol. The van der Waals surface area contributed by atoms with E-state index in [1.165, 1.54) is 18.2 Å². The van der Waals surface area contributed by atoms with Gasteiger partial charge in [-0.15, -0.1) is 0 Å². The molecule has 0 spiro atoms. The number of hydrogen-bond donors (Lipinski definition) is 1. The molecule has 4 nitrogen and oxygen atoms in total. The minimum absolute atomic E-state index is 0.0602. The van der Waals surface area contributed by atoms with E-state index in [4.69, 9.17) is 0 Å². The monoisotopic (exact) mass is 288 g/mol. The molecule has 0 fully saturated rings. The maximum atomic E-state index is 13.2. The summed E-state index contributed by atoms with van der Waals surface area (Å²) in [5, 5.41) is 14.1. The zero-order chi connectivity index (χ0) is 15.4. The molecule has 0 aliphatic carbocycles. The number of halogens is 1. The molecule has 2 atom stereocenters. The Morgan fingerprint density at radius 2 is 1.62 bits per heavy atom. The van der Waals surface area contributed by atoms with Crippen LogP contribution in [0, 0.1) is 15.9 Å². The SMILES string of the molecule is CC(N[C@@H](C)c1cccc(F)c1)c1cccc([N+](=O)[O-])c1. The number of non-ortho nitro benzene ring substituents is 1. The first kappa shape index (κ1) is 15.1. The summed E-state index contributed by atoms with van der Waals surface area (Å²) in [4.78, 5) is 10.4. The highest BCUT2D eigenvalue weighted by atomic mass is 19.1. The van der Waals surface area contributed by atoms with Crippen LogP contribution in [0.2, 0.25) is 0 Å². The van der Waals surface area contributed by atoms with Crippen LogP contribution < -0.4 is 5.32 Å². The summed E-state index contributed by atoms with van der Waals surface area (Å²) < 4.78 is 13.2. The van der Waals surface area contributed by atoms with Gasteiger partial charge in [0.1, 0.15) is 5.82 Å². The standard InChI is InChI=1S/C16H17FN2O2/c1-11(13-5-3-7-15(17)9-13)18-12(2)14-6-4-8-16(10-14)19(20)21/h3-12,18H,1-2H3/t11-,12?/m0/s1. The minimum Gasteiger partial charge on any atom is -0.304 e. The van der Waals surface area contributed by atoms with E-state index in [0.717, 1.165) is 11.1 Å². The molecule has 0 aliphatic rings. The van der Waals surface area contributed by atoms with E-state index in [2.05, 4.69) is 5.32 Å². The van der Waals surface area contributed by atoms with Gasteiger partial charge in [0.15, 0.2) is 0 Å². The zero-order valence-electron chi connectivity index (χ0n) is 11.9. The van der Waals surface area contributed by atoms with Crippen LogP contribution in [-0.2, 0) is 0 Å². The van der Waals surface area contributed by atoms with Crippen LogP contribution in [0.1, 0.15) is 37.1 Å². The molecular weight excluding hydrogens is 271 g/mol. The third-order valence-electron chi connectivity index (χ3n) is 3.43. The molecular formula is C16H17FN2O2. The third kappa shape index (κ3) is 3.86. The number of nitro groups is 1. The molecule has 5 heteroatoms. The summed E-state index contributed by atoms with van der Waals surface area (Å²) in [5.41, 5.74) is 1.74. The Kier molecular flexibility index (Phi) is 4.65. The summed E-state index contributed by atoms with van der Waals surface area (Å²) >= 11 is 0. The topological polar surface area (TPSA) is 55.2 Å². The summed E-state index contributed by atoms with van der Waals surface area (Å²) in [7, 11) is 0. The van der Waals surface area contributed by atoms with Gasteiger partial charge in [-0.25, -0.2) is 4.39 Å². The van der Waals surface area contributed by atoms with E-state index in [0.29, 0.717) is 0 Å². The molecule has 0 amide bonds. The fourth-order valence-electron chi connectivity index (χ4n) is 2.25. The van der Waals surface area contributed by atoms with Crippen LogP contribution in [-0.4, -0.2) is 4.92 Å². The zero-order valence-corrected chi connectivity index (χ0v) is 11.9. The van der Waals surface area contributed by atoms with Crippen LogP contribution >= 0.6 is 0 Å². The summed E-state index contributed by atoms with van der Waals surface area (Å²) in [6.45, 7) is 3.86. The van der Waals surface area contributed by atoms with Gasteiger partial charge in [0, 0.05) is 24.2 Å². The molecule has 0 heterocycles. The molecule has 1 N–H and O–H groups in total. The lowest BCUT2D eigenvalue weighted by Crippen LogP contribution is -2.22. The smallest absolute Gasteiger partial charge is 0.269 e. The second-order valence-corrected chi connectivity index (χ2v) is 5.02. The fraction of sp³-hybridized carbons (Fsp3) is 0.250. The van der Waals surface area contributed by atoms with Crippen molar-refractivity contribution in [2.24, 2.45) is 0 Å². The van der Waals surface area contributed by atoms with Crippen LogP contribution in [0.5, 0.6) is 0 Å². The lowest BCUT2D eigenvalue weighted by Gasteiger charge is -2.20. The van der Waals surface area contributed by atoms with E-state index in [9.17, 15) is 14.5 Å². The second-order valence-electron chi connectivity index (χ2n) is 5.02. The van der Waals surface area contributed by atoms with E-state index in [-0.39, 0.29) is 23.6 Å². The summed E-state index contributed by atoms with van der Waals surface area (Å²) in [5.74, 6) is -0.274. The molecule has 0 radical (unpaired) electrons. The van der Waals surface area contributed by atoms with Crippen LogP contribution in [0.25, 0.3) is 0 Å². The predicted octanol–water partition coefficient (Wildman–Crippen LogP) is 4.15. The normalized spacial score (nSPS) is 13.7. The van der Waals surface area contributed by atoms with Gasteiger partial charge in [-0.2, -0.15) is 0 Å². The van der Waals surface area contributed by atoms with Gasteiger partial charge < -0.3 is 5.32 Å². The molecule has 0 saturated heterocycles. The lowest BCUT2D eigenvalue weighted by molar-refractivity contribution is -0.384. The molecule has 0 saturated carbocycles. The van der Waals surface area contributed by atoms with Crippen molar-refractivity contribution in [3.63, 3.8) is 0 Å². The maximum Gasteiger partial charge on any atom is 0.269 e. The number of nitrogens with zero attached hydrogens (tertiary/aromatic N) is 1. The molecule has 0 bridgehead atoms. The van der Waals surface area contributed by atoms with E-state index < -0.39 is 4.92 Å². The Morgan fingerprint density at radius 3 is 2.19 bits per heavy atom. The minimum atomic E-state index is -0.410. The lowest BCUT2D eigenvalue weighted by atomic mass is 10.0. The van der Waals surface area contributed by atoms with Crippen molar-refractivity contribution < 1.29 is 9.31 Å². The van der Waals surface area contributed by atoms with Crippen molar-refractivity contribution in [3.8, 4) is 0 Å². The van der Waals surface area contributed by atoms with Crippen molar-refractivity contribution >= 4 is 5.69 Å². The van der Waals surface area contributed by atoms with Gasteiger partial charge in [0.05, 0.1) is 4.92 Å². The van der Waals surface area contributed by atoms with Crippen LogP contribution in [0.3, 0.4) is 0 Å². The highest BCUT2D eigenvalue weighted by molar-refractivity contribution is 5.35. The van der Waals surface area contributed by atoms with Gasteiger partial charge in [-0.1, -0.05) is 24.3 Å². The average molecular weight is 288 g/mol. The second kappa shape index (κ2) is 6.45. The van der Waals surface area contributed by atoms with Crippen molar-refractivity contribution in [1.82, 2.24) is 5.32 Å². The third-order valence-corrected chi connectivity index (χ3v) is 3.43. The van der Waals surface area contributed by atoms with Crippen molar-refractivity contribution in [2.45, 2.75) is 25.9 Å². The molecule has 110 valence electrons. The highest BCUT2D eigenvalue weighted by Gasteiger charge is 2.14. The Morgan fingerprint density at radius 1 is 1.05 bits per heavy atom. The quantitative estimate of drug-likeness (QED) is 0.664. The summed E-state index contributed by atoms with van der Waals surface area (Å²) in [6.07, 6.45) is 0.